The summed E-state index contributed by atoms with van der Waals surface area (Å²) in [4.78, 5) is 16.7. The van der Waals surface area contributed by atoms with Crippen LogP contribution in [0.1, 0.15) is 0 Å². The zero-order valence-electron chi connectivity index (χ0n) is 7.03. The Labute approximate surface area is 110 Å². The third kappa shape index (κ3) is 13800000. The van der Waals surface area contributed by atoms with Crippen LogP contribution in [0.25, 0.3) is 0 Å². The van der Waals surface area contributed by atoms with E-state index in [1.807, 2.05) is 0 Å². The van der Waals surface area contributed by atoms with E-state index in [1.54, 1.807) is 0 Å². The molecule has 8 N–H and O–H groups in total. The Morgan fingerprint density at radius 3 is 0.929 bits per heavy atom. The molecule has 0 saturated heterocycles. The van der Waals surface area contributed by atoms with Crippen LogP contribution < -0.4 is 12.3 Å². The second-order valence-corrected chi connectivity index (χ2v) is 1.44. The molecule has 0 radical (unpaired) electrons. The molecule has 0 aliphatic heterocycles. The zero-order valence-corrected chi connectivity index (χ0v) is 10.1. The van der Waals surface area contributed by atoms with E-state index in [2.05, 4.69) is 0 Å². The molecule has 0 atom stereocenters. The number of hydrogen-bond acceptors (Lipinski definition) is 8. The Morgan fingerprint density at radius 1 is 0.929 bits per heavy atom. The summed E-state index contributed by atoms with van der Waals surface area (Å²) in [6.45, 7) is -0.500. The molecule has 0 unspecified atom stereocenters. The summed E-state index contributed by atoms with van der Waals surface area (Å²) in [5, 5.41) is 13.8. The first kappa shape index (κ1) is 37.0. The molecule has 0 aromatic heterocycles. The predicted octanol–water partition coefficient (Wildman–Crippen LogP) is -1.99. The second-order valence-electron chi connectivity index (χ2n) is 0.619. The zero-order chi connectivity index (χ0) is 9.91. The van der Waals surface area contributed by atoms with Gasteiger partial charge in [-0.15, -0.1) is 0 Å². The summed E-state index contributed by atoms with van der Waals surface area (Å²) >= 11 is 0. The van der Waals surface area contributed by atoms with Crippen molar-refractivity contribution in [1.29, 1.82) is 0 Å². The van der Waals surface area contributed by atoms with Gasteiger partial charge in [0.25, 0.3) is 12.9 Å². The smallest absolute Gasteiger partial charge is 0.759 e. The molecule has 12 heteroatoms. The summed E-state index contributed by atoms with van der Waals surface area (Å²) < 4.78 is 34.1. The molecule has 0 fully saturated rings. The normalized spacial score (nSPS) is 5.86. The van der Waals surface area contributed by atoms with Crippen molar-refractivity contribution in [3.8, 4) is 0 Å². The van der Waals surface area contributed by atoms with Crippen molar-refractivity contribution in [3.05, 3.63) is 0 Å². The van der Waals surface area contributed by atoms with Crippen molar-refractivity contribution in [2.45, 2.75) is 0 Å². The largest absolute Gasteiger partial charge is 2.00 e. The maximum absolute atomic E-state index is 8.52. The van der Waals surface area contributed by atoms with E-state index < -0.39 is 10.4 Å². The van der Waals surface area contributed by atoms with Crippen molar-refractivity contribution < 1.29 is 37.3 Å². The van der Waals surface area contributed by atoms with Gasteiger partial charge >= 0.3 is 37.7 Å². The van der Waals surface area contributed by atoms with E-state index in [0.717, 1.165) is 0 Å². The Balaban J connectivity index is -0.0000000162. The molecule has 0 heterocycles. The predicted molar refractivity (Wildman–Crippen MR) is 43.7 cm³/mol. The molecule has 10 nitrogen and oxygen atoms in total. The molecular weight excluding hydrogens is 252 g/mol. The first-order chi connectivity index (χ1) is 4.83. The molecule has 0 aromatic carbocycles. The van der Waals surface area contributed by atoms with Gasteiger partial charge in [0.15, 0.2) is 0 Å². The van der Waals surface area contributed by atoms with Crippen LogP contribution in [0, 0.1) is 0 Å². The molecule has 0 bridgehead atoms. The van der Waals surface area contributed by atoms with Gasteiger partial charge in [0, 0.05) is 10.4 Å². The Hall–Kier alpha value is -0.0103. The molecule has 0 amide bonds. The van der Waals surface area contributed by atoms with Crippen LogP contribution in [0.3, 0.4) is 0 Å². The van der Waals surface area contributed by atoms with Crippen LogP contribution in [0.15, 0.2) is 0 Å². The SMILES string of the molecule is N.N.O=CO.O=CO.O=S(=O)([O-])[O-].[Ca+2]. The molecule has 0 rings (SSSR count). The standard InChI is InChI=1S/2CH2O2.Ca.2H3N.H2O4S/c2*2-1-3;;;;1-5(2,3)4/h2*1H,(H,2,3);;2*1H3;(H2,1,2,3,4)/q;;+2;;;/p-2. The van der Waals surface area contributed by atoms with Gasteiger partial charge in [-0.1, -0.05) is 0 Å². The van der Waals surface area contributed by atoms with Gasteiger partial charge in [-0.3, -0.25) is 18.0 Å². The van der Waals surface area contributed by atoms with Gasteiger partial charge in [-0.05, 0) is 0 Å². The number of carbonyl (C=O) groups is 2. The van der Waals surface area contributed by atoms with Crippen molar-refractivity contribution >= 4 is 61.1 Å². The van der Waals surface area contributed by atoms with Crippen LogP contribution in [0.4, 0.5) is 0 Å². The molecule has 0 aliphatic rings. The van der Waals surface area contributed by atoms with Crippen LogP contribution in [0.5, 0.6) is 0 Å². The van der Waals surface area contributed by atoms with Crippen molar-refractivity contribution in [2.75, 3.05) is 0 Å². The van der Waals surface area contributed by atoms with Gasteiger partial charge in [0.05, 0.1) is 0 Å². The average Bonchev–Trinajstić information content (AvgIpc) is 1.62. The molecule has 84 valence electrons. The fourth-order valence-corrected chi connectivity index (χ4v) is 0. The van der Waals surface area contributed by atoms with E-state index in [-0.39, 0.29) is 63.0 Å². The van der Waals surface area contributed by atoms with E-state index >= 15 is 0 Å². The summed E-state index contributed by atoms with van der Waals surface area (Å²) in [5.74, 6) is 0. The van der Waals surface area contributed by atoms with E-state index in [0.29, 0.717) is 0 Å². The Kier molecular flexibility index (Phi) is 77.3. The molecule has 0 spiro atoms. The third-order valence-electron chi connectivity index (χ3n) is 0. The van der Waals surface area contributed by atoms with Crippen LogP contribution in [0.2, 0.25) is 0 Å². The minimum absolute atomic E-state index is 0. The van der Waals surface area contributed by atoms with Crippen LogP contribution in [-0.4, -0.2) is 78.4 Å². The first-order valence-electron chi connectivity index (χ1n) is 1.65. The van der Waals surface area contributed by atoms with Crippen molar-refractivity contribution in [3.63, 3.8) is 0 Å². The molecule has 0 saturated carbocycles. The summed E-state index contributed by atoms with van der Waals surface area (Å²) in [5.41, 5.74) is 0. The first-order valence-corrected chi connectivity index (χ1v) is 2.99. The fourth-order valence-electron chi connectivity index (χ4n) is 0. The minimum Gasteiger partial charge on any atom is -0.759 e. The van der Waals surface area contributed by atoms with Crippen LogP contribution in [-0.2, 0) is 20.0 Å². The second kappa shape index (κ2) is 29.3. The fraction of sp³-hybridized carbons (Fsp3) is 0. The molecular formula is C2H10CaN2O8S. The van der Waals surface area contributed by atoms with E-state index in [9.17, 15) is 0 Å². The average molecular weight is 262 g/mol. The Morgan fingerprint density at radius 2 is 0.929 bits per heavy atom. The van der Waals surface area contributed by atoms with Gasteiger partial charge in [0.2, 0.25) is 0 Å². The number of rotatable bonds is 0. The summed E-state index contributed by atoms with van der Waals surface area (Å²) in [6.07, 6.45) is 0. The number of hydrogen-bond donors (Lipinski definition) is 4. The van der Waals surface area contributed by atoms with Crippen LogP contribution >= 0.6 is 0 Å². The van der Waals surface area contributed by atoms with E-state index in [4.69, 9.17) is 37.3 Å². The Bertz CT molecular complexity index is 166. The third-order valence-corrected chi connectivity index (χ3v) is 0. The number of carboxylic acid groups (broad SMARTS) is 2. The quantitative estimate of drug-likeness (QED) is 0.162. The van der Waals surface area contributed by atoms with Gasteiger partial charge in [-0.2, -0.15) is 0 Å². The van der Waals surface area contributed by atoms with Gasteiger partial charge < -0.3 is 31.6 Å². The van der Waals surface area contributed by atoms with Crippen molar-refractivity contribution in [2.24, 2.45) is 0 Å². The molecule has 14 heavy (non-hydrogen) atoms. The maximum Gasteiger partial charge on any atom is 2.00 e. The monoisotopic (exact) mass is 262 g/mol. The molecule has 0 aliphatic carbocycles. The van der Waals surface area contributed by atoms with Gasteiger partial charge in [0.1, 0.15) is 0 Å². The minimum atomic E-state index is -5.17. The maximum atomic E-state index is 8.52. The van der Waals surface area contributed by atoms with Gasteiger partial charge in [-0.25, -0.2) is 0 Å². The summed E-state index contributed by atoms with van der Waals surface area (Å²) in [6, 6.07) is 0. The van der Waals surface area contributed by atoms with E-state index in [1.165, 1.54) is 0 Å². The van der Waals surface area contributed by atoms with Crippen molar-refractivity contribution in [1.82, 2.24) is 12.3 Å². The summed E-state index contributed by atoms with van der Waals surface area (Å²) in [7, 11) is -5.17. The molecule has 0 aromatic rings. The topological polar surface area (TPSA) is 225 Å².